The van der Waals surface area contributed by atoms with Crippen molar-refractivity contribution in [3.63, 3.8) is 0 Å². The summed E-state index contributed by atoms with van der Waals surface area (Å²) in [4.78, 5) is 25.4. The number of carbonyl (C=O) groups excluding carboxylic acids is 1. The van der Waals surface area contributed by atoms with Crippen LogP contribution in [0.1, 0.15) is 31.2 Å². The van der Waals surface area contributed by atoms with Crippen LogP contribution in [0.4, 0.5) is 8.78 Å². The SMILES string of the molecule is COc1ccc(C2(C(=O)N(C)[C@H](CO)C(=O)O)CCC(F)(F)CC2)cc1. The predicted octanol–water partition coefficient (Wildman–Crippen LogP) is 2.05. The smallest absolute Gasteiger partial charge is 0.328 e. The molecule has 1 aromatic rings. The second kappa shape index (κ2) is 7.57. The highest BCUT2D eigenvalue weighted by Gasteiger charge is 2.50. The van der Waals surface area contributed by atoms with Gasteiger partial charge < -0.3 is 19.8 Å². The Balaban J connectivity index is 2.43. The van der Waals surface area contributed by atoms with Crippen molar-refractivity contribution in [2.75, 3.05) is 20.8 Å². The third kappa shape index (κ3) is 3.80. The molecule has 2 rings (SSSR count). The molecule has 26 heavy (non-hydrogen) atoms. The van der Waals surface area contributed by atoms with E-state index in [-0.39, 0.29) is 12.8 Å². The van der Waals surface area contributed by atoms with Gasteiger partial charge in [0.2, 0.25) is 11.8 Å². The van der Waals surface area contributed by atoms with Crippen LogP contribution in [0.25, 0.3) is 0 Å². The van der Waals surface area contributed by atoms with Crippen LogP contribution in [-0.2, 0) is 15.0 Å². The van der Waals surface area contributed by atoms with Gasteiger partial charge in [0, 0.05) is 19.9 Å². The fourth-order valence-electron chi connectivity index (χ4n) is 3.42. The van der Waals surface area contributed by atoms with Crippen LogP contribution >= 0.6 is 0 Å². The molecular formula is C18H23F2NO5. The molecule has 1 fully saturated rings. The van der Waals surface area contributed by atoms with E-state index in [0.717, 1.165) is 4.90 Å². The maximum atomic E-state index is 13.7. The van der Waals surface area contributed by atoms with Crippen molar-refractivity contribution in [3.05, 3.63) is 29.8 Å². The molecule has 1 saturated carbocycles. The molecule has 6 nitrogen and oxygen atoms in total. The van der Waals surface area contributed by atoms with Crippen molar-refractivity contribution in [3.8, 4) is 5.75 Å². The maximum absolute atomic E-state index is 13.7. The van der Waals surface area contributed by atoms with E-state index < -0.39 is 48.7 Å². The molecule has 0 aliphatic heterocycles. The molecule has 1 amide bonds. The average Bonchev–Trinajstić information content (AvgIpc) is 2.62. The van der Waals surface area contributed by atoms with Crippen molar-refractivity contribution in [1.82, 2.24) is 4.90 Å². The Morgan fingerprint density at radius 3 is 2.15 bits per heavy atom. The number of alkyl halides is 2. The van der Waals surface area contributed by atoms with Crippen molar-refractivity contribution < 1.29 is 33.3 Å². The van der Waals surface area contributed by atoms with Gasteiger partial charge in [-0.1, -0.05) is 12.1 Å². The van der Waals surface area contributed by atoms with E-state index in [1.165, 1.54) is 14.2 Å². The summed E-state index contributed by atoms with van der Waals surface area (Å²) in [5, 5.41) is 18.5. The van der Waals surface area contributed by atoms with Gasteiger partial charge in [-0.05, 0) is 30.5 Å². The lowest BCUT2D eigenvalue weighted by Gasteiger charge is -2.42. The van der Waals surface area contributed by atoms with Crippen molar-refractivity contribution in [2.45, 2.75) is 43.1 Å². The Morgan fingerprint density at radius 2 is 1.73 bits per heavy atom. The summed E-state index contributed by atoms with van der Waals surface area (Å²) in [5.41, 5.74) is -0.723. The molecule has 0 heterocycles. The number of aliphatic hydroxyl groups is 1. The number of ether oxygens (including phenoxy) is 1. The predicted molar refractivity (Wildman–Crippen MR) is 89.4 cm³/mol. The second-order valence-corrected chi connectivity index (χ2v) is 6.62. The van der Waals surface area contributed by atoms with Crippen LogP contribution in [-0.4, -0.2) is 59.7 Å². The number of benzene rings is 1. The molecule has 1 aliphatic rings. The standard InChI is InChI=1S/C18H23F2NO5/c1-21(14(11-22)15(23)24)16(25)17(7-9-18(19,20)10-8-17)12-3-5-13(26-2)6-4-12/h3-6,14,22H,7-11H2,1-2H3,(H,23,24)/t14-/m1/s1. The van der Waals surface area contributed by atoms with Crippen LogP contribution in [0, 0.1) is 0 Å². The molecule has 1 aromatic carbocycles. The molecule has 0 aromatic heterocycles. The minimum atomic E-state index is -2.85. The van der Waals surface area contributed by atoms with Crippen LogP contribution < -0.4 is 4.74 Å². The number of halogens is 2. The number of carboxylic acids is 1. The number of amides is 1. The van der Waals surface area contributed by atoms with E-state index in [4.69, 9.17) is 4.74 Å². The minimum Gasteiger partial charge on any atom is -0.497 e. The Labute approximate surface area is 150 Å². The number of methoxy groups -OCH3 is 1. The average molecular weight is 371 g/mol. The third-order valence-electron chi connectivity index (χ3n) is 5.13. The number of carbonyl (C=O) groups is 2. The normalized spacial score (nSPS) is 19.4. The topological polar surface area (TPSA) is 87.1 Å². The van der Waals surface area contributed by atoms with Gasteiger partial charge in [0.15, 0.2) is 6.04 Å². The van der Waals surface area contributed by atoms with E-state index in [2.05, 4.69) is 0 Å². The van der Waals surface area contributed by atoms with Gasteiger partial charge in [0.1, 0.15) is 5.75 Å². The highest BCUT2D eigenvalue weighted by atomic mass is 19.3. The lowest BCUT2D eigenvalue weighted by atomic mass is 9.67. The highest BCUT2D eigenvalue weighted by molar-refractivity contribution is 5.91. The quantitative estimate of drug-likeness (QED) is 0.799. The van der Waals surface area contributed by atoms with Gasteiger partial charge in [-0.3, -0.25) is 4.79 Å². The Morgan fingerprint density at radius 1 is 1.19 bits per heavy atom. The lowest BCUT2D eigenvalue weighted by Crippen LogP contribution is -2.54. The summed E-state index contributed by atoms with van der Waals surface area (Å²) in [6.07, 6.45) is -1.13. The largest absolute Gasteiger partial charge is 0.497 e. The van der Waals surface area contributed by atoms with E-state index in [1.54, 1.807) is 24.3 Å². The summed E-state index contributed by atoms with van der Waals surface area (Å²) in [6, 6.07) is 5.13. The number of likely N-dealkylation sites (N-methyl/N-ethyl adjacent to an activating group) is 1. The van der Waals surface area contributed by atoms with E-state index in [9.17, 15) is 28.6 Å². The fourth-order valence-corrected chi connectivity index (χ4v) is 3.42. The maximum Gasteiger partial charge on any atom is 0.328 e. The number of aliphatic hydroxyl groups excluding tert-OH is 1. The van der Waals surface area contributed by atoms with Gasteiger partial charge in [-0.2, -0.15) is 0 Å². The minimum absolute atomic E-state index is 0.104. The first-order valence-electron chi connectivity index (χ1n) is 8.30. The molecule has 1 aliphatic carbocycles. The Hall–Kier alpha value is -2.22. The van der Waals surface area contributed by atoms with Gasteiger partial charge in [0.05, 0.1) is 19.1 Å². The Bertz CT molecular complexity index is 652. The number of carboxylic acid groups (broad SMARTS) is 1. The van der Waals surface area contributed by atoms with E-state index >= 15 is 0 Å². The number of aliphatic carboxylic acids is 1. The summed E-state index contributed by atoms with van der Waals surface area (Å²) in [7, 11) is 2.76. The van der Waals surface area contributed by atoms with Crippen molar-refractivity contribution in [1.29, 1.82) is 0 Å². The molecule has 0 bridgehead atoms. The zero-order valence-corrected chi connectivity index (χ0v) is 14.7. The first-order valence-corrected chi connectivity index (χ1v) is 8.30. The van der Waals surface area contributed by atoms with Gasteiger partial charge >= 0.3 is 5.97 Å². The molecular weight excluding hydrogens is 348 g/mol. The molecule has 8 heteroatoms. The molecule has 2 N–H and O–H groups in total. The van der Waals surface area contributed by atoms with Crippen molar-refractivity contribution >= 4 is 11.9 Å². The summed E-state index contributed by atoms with van der Waals surface area (Å²) in [6.45, 7) is -0.758. The molecule has 0 saturated heterocycles. The van der Waals surface area contributed by atoms with Crippen LogP contribution in [0.15, 0.2) is 24.3 Å². The van der Waals surface area contributed by atoms with E-state index in [0.29, 0.717) is 11.3 Å². The third-order valence-corrected chi connectivity index (χ3v) is 5.13. The summed E-state index contributed by atoms with van der Waals surface area (Å²) >= 11 is 0. The van der Waals surface area contributed by atoms with E-state index in [1.807, 2.05) is 0 Å². The van der Waals surface area contributed by atoms with Gasteiger partial charge in [0.25, 0.3) is 0 Å². The number of rotatable bonds is 6. The molecule has 0 spiro atoms. The second-order valence-electron chi connectivity index (χ2n) is 6.62. The number of hydrogen-bond donors (Lipinski definition) is 2. The summed E-state index contributed by atoms with van der Waals surface area (Å²) < 4.78 is 32.5. The Kier molecular flexibility index (Phi) is 5.85. The fraction of sp³-hybridized carbons (Fsp3) is 0.556. The zero-order valence-electron chi connectivity index (χ0n) is 14.7. The van der Waals surface area contributed by atoms with Crippen LogP contribution in [0.5, 0.6) is 5.75 Å². The first kappa shape index (κ1) is 20.1. The van der Waals surface area contributed by atoms with Crippen LogP contribution in [0.2, 0.25) is 0 Å². The lowest BCUT2D eigenvalue weighted by molar-refractivity contribution is -0.155. The van der Waals surface area contributed by atoms with Crippen LogP contribution in [0.3, 0.4) is 0 Å². The molecule has 1 atom stereocenters. The highest BCUT2D eigenvalue weighted by Crippen LogP contribution is 2.46. The number of nitrogens with zero attached hydrogens (tertiary/aromatic N) is 1. The van der Waals surface area contributed by atoms with Gasteiger partial charge in [-0.25, -0.2) is 13.6 Å². The molecule has 144 valence electrons. The monoisotopic (exact) mass is 371 g/mol. The zero-order chi connectivity index (χ0) is 19.5. The molecule has 0 unspecified atom stereocenters. The van der Waals surface area contributed by atoms with Gasteiger partial charge in [-0.15, -0.1) is 0 Å². The van der Waals surface area contributed by atoms with Crippen molar-refractivity contribution in [2.24, 2.45) is 0 Å². The molecule has 0 radical (unpaired) electrons. The summed E-state index contributed by atoms with van der Waals surface area (Å²) in [5.74, 6) is -4.23. The number of hydrogen-bond acceptors (Lipinski definition) is 4. The first-order chi connectivity index (χ1) is 12.2.